The predicted octanol–water partition coefficient (Wildman–Crippen LogP) is 1.87. The van der Waals surface area contributed by atoms with E-state index in [0.717, 1.165) is 18.4 Å². The van der Waals surface area contributed by atoms with Crippen LogP contribution in [0.3, 0.4) is 0 Å². The fourth-order valence-corrected chi connectivity index (χ4v) is 1.65. The zero-order valence-corrected chi connectivity index (χ0v) is 7.88. The number of hydrogen-bond donors (Lipinski definition) is 0. The zero-order valence-electron chi connectivity index (χ0n) is 7.88. The Bertz CT molecular complexity index is 282. The summed E-state index contributed by atoms with van der Waals surface area (Å²) in [6.07, 6.45) is 6.17. The molecule has 1 aliphatic carbocycles. The summed E-state index contributed by atoms with van der Waals surface area (Å²) in [5.74, 6) is 0.402. The summed E-state index contributed by atoms with van der Waals surface area (Å²) >= 11 is 0. The van der Waals surface area contributed by atoms with Gasteiger partial charge in [-0.25, -0.2) is 0 Å². The summed E-state index contributed by atoms with van der Waals surface area (Å²) in [6.45, 7) is 3.31. The van der Waals surface area contributed by atoms with E-state index >= 15 is 0 Å². The molecule has 1 aliphatic heterocycles. The zero-order chi connectivity index (χ0) is 9.26. The Labute approximate surface area is 78.3 Å². The van der Waals surface area contributed by atoms with E-state index in [4.69, 9.17) is 4.74 Å². The van der Waals surface area contributed by atoms with Crippen LogP contribution in [0.4, 0.5) is 0 Å². The third-order valence-corrected chi connectivity index (χ3v) is 2.60. The van der Waals surface area contributed by atoms with Gasteiger partial charge in [0.05, 0.1) is 19.1 Å². The predicted molar refractivity (Wildman–Crippen MR) is 50.4 cm³/mol. The van der Waals surface area contributed by atoms with Gasteiger partial charge >= 0.3 is 0 Å². The van der Waals surface area contributed by atoms with Crippen LogP contribution in [0.2, 0.25) is 0 Å². The molecule has 0 atom stereocenters. The monoisotopic (exact) mass is 178 g/mol. The Morgan fingerprint density at radius 1 is 1.54 bits per heavy atom. The van der Waals surface area contributed by atoms with Crippen molar-refractivity contribution in [2.45, 2.75) is 19.8 Å². The van der Waals surface area contributed by atoms with Gasteiger partial charge in [-0.05, 0) is 19.8 Å². The highest BCUT2D eigenvalue weighted by Crippen LogP contribution is 2.22. The lowest BCUT2D eigenvalue weighted by atomic mass is 9.90. The number of allylic oxidation sites excluding steroid dienone is 4. The van der Waals surface area contributed by atoms with Crippen molar-refractivity contribution in [1.82, 2.24) is 0 Å². The number of rotatable bonds is 2. The molecule has 13 heavy (non-hydrogen) atoms. The molecule has 0 radical (unpaired) electrons. The second-order valence-electron chi connectivity index (χ2n) is 3.79. The van der Waals surface area contributed by atoms with Gasteiger partial charge in [0, 0.05) is 5.57 Å². The van der Waals surface area contributed by atoms with Crippen LogP contribution in [0.1, 0.15) is 19.8 Å². The van der Waals surface area contributed by atoms with Crippen molar-refractivity contribution in [2.24, 2.45) is 5.92 Å². The van der Waals surface area contributed by atoms with Gasteiger partial charge in [0.1, 0.15) is 0 Å². The van der Waals surface area contributed by atoms with Crippen LogP contribution in [-0.2, 0) is 9.53 Å². The van der Waals surface area contributed by atoms with Gasteiger partial charge in [0.15, 0.2) is 5.78 Å². The van der Waals surface area contributed by atoms with Gasteiger partial charge < -0.3 is 4.74 Å². The maximum Gasteiger partial charge on any atom is 0.170 e. The topological polar surface area (TPSA) is 26.3 Å². The van der Waals surface area contributed by atoms with Crippen LogP contribution in [0.25, 0.3) is 0 Å². The van der Waals surface area contributed by atoms with Crippen molar-refractivity contribution in [3.8, 4) is 0 Å². The lowest BCUT2D eigenvalue weighted by Crippen LogP contribution is -2.35. The molecule has 0 N–H and O–H groups in total. The number of ether oxygens (including phenoxy) is 1. The third kappa shape index (κ3) is 1.73. The van der Waals surface area contributed by atoms with Crippen molar-refractivity contribution in [2.75, 3.05) is 13.2 Å². The molecule has 0 aromatic rings. The number of hydrogen-bond acceptors (Lipinski definition) is 2. The largest absolute Gasteiger partial charge is 0.380 e. The normalized spacial score (nSPS) is 23.2. The van der Waals surface area contributed by atoms with Gasteiger partial charge in [-0.2, -0.15) is 0 Å². The minimum atomic E-state index is 0.133. The second kappa shape index (κ2) is 3.46. The first-order valence-electron chi connectivity index (χ1n) is 4.76. The molecular formula is C11H14O2. The van der Waals surface area contributed by atoms with E-state index in [1.807, 2.05) is 12.2 Å². The van der Waals surface area contributed by atoms with E-state index in [9.17, 15) is 4.79 Å². The van der Waals surface area contributed by atoms with Crippen molar-refractivity contribution < 1.29 is 9.53 Å². The summed E-state index contributed by atoms with van der Waals surface area (Å²) in [4.78, 5) is 11.7. The molecule has 0 aromatic carbocycles. The van der Waals surface area contributed by atoms with E-state index in [1.165, 1.54) is 5.57 Å². The molecular weight excluding hydrogens is 164 g/mol. The van der Waals surface area contributed by atoms with E-state index in [0.29, 0.717) is 13.2 Å². The average molecular weight is 178 g/mol. The highest BCUT2D eigenvalue weighted by Gasteiger charge is 2.28. The Hall–Kier alpha value is -0.890. The second-order valence-corrected chi connectivity index (χ2v) is 3.79. The smallest absolute Gasteiger partial charge is 0.170 e. The van der Waals surface area contributed by atoms with E-state index < -0.39 is 0 Å². The van der Waals surface area contributed by atoms with Crippen LogP contribution in [0.5, 0.6) is 0 Å². The highest BCUT2D eigenvalue weighted by molar-refractivity contribution is 6.00. The Morgan fingerprint density at radius 2 is 2.31 bits per heavy atom. The standard InChI is InChI=1S/C11H14O2/c1-8-3-2-4-9(5-8)11(12)10-6-13-7-10/h4-5,10H,2-3,6-7H2,1H3. The van der Waals surface area contributed by atoms with Crippen LogP contribution in [0.15, 0.2) is 23.3 Å². The number of carbonyl (C=O) groups is 1. The Kier molecular flexibility index (Phi) is 2.32. The van der Waals surface area contributed by atoms with Crippen LogP contribution < -0.4 is 0 Å². The van der Waals surface area contributed by atoms with Gasteiger partial charge in [-0.3, -0.25) is 4.79 Å². The van der Waals surface area contributed by atoms with Gasteiger partial charge in [0.25, 0.3) is 0 Å². The number of carbonyl (C=O) groups excluding carboxylic acids is 1. The number of ketones is 1. The van der Waals surface area contributed by atoms with Crippen LogP contribution in [0, 0.1) is 5.92 Å². The van der Waals surface area contributed by atoms with Gasteiger partial charge in [0.2, 0.25) is 0 Å². The molecule has 2 nitrogen and oxygen atoms in total. The highest BCUT2D eigenvalue weighted by atomic mass is 16.5. The summed E-state index contributed by atoms with van der Waals surface area (Å²) < 4.78 is 5.00. The Morgan fingerprint density at radius 3 is 2.85 bits per heavy atom. The summed E-state index contributed by atoms with van der Waals surface area (Å²) in [5.41, 5.74) is 2.21. The van der Waals surface area contributed by atoms with Crippen LogP contribution in [-0.4, -0.2) is 19.0 Å². The summed E-state index contributed by atoms with van der Waals surface area (Å²) in [7, 11) is 0. The van der Waals surface area contributed by atoms with E-state index in [-0.39, 0.29) is 11.7 Å². The summed E-state index contributed by atoms with van der Waals surface area (Å²) in [6, 6.07) is 0. The lowest BCUT2D eigenvalue weighted by molar-refractivity contribution is -0.132. The molecule has 1 heterocycles. The molecule has 0 amide bonds. The molecule has 2 heteroatoms. The molecule has 0 aromatic heterocycles. The van der Waals surface area contributed by atoms with Crippen molar-refractivity contribution >= 4 is 5.78 Å². The molecule has 1 fully saturated rings. The molecule has 1 saturated heterocycles. The van der Waals surface area contributed by atoms with Crippen molar-refractivity contribution in [3.05, 3.63) is 23.3 Å². The first-order valence-corrected chi connectivity index (χ1v) is 4.76. The summed E-state index contributed by atoms with van der Waals surface area (Å²) in [5, 5.41) is 0. The Balaban J connectivity index is 2.07. The first-order chi connectivity index (χ1) is 6.27. The van der Waals surface area contributed by atoms with Crippen molar-refractivity contribution in [1.29, 1.82) is 0 Å². The molecule has 0 saturated carbocycles. The number of Topliss-reactive ketones (excluding diaryl/α,β-unsaturated/α-hetero) is 1. The molecule has 0 bridgehead atoms. The SMILES string of the molecule is CC1=CC(C(=O)C2COC2)=CCC1. The average Bonchev–Trinajstić information content (AvgIpc) is 2.01. The van der Waals surface area contributed by atoms with Crippen LogP contribution >= 0.6 is 0 Å². The molecule has 0 spiro atoms. The molecule has 70 valence electrons. The van der Waals surface area contributed by atoms with Gasteiger partial charge in [-0.1, -0.05) is 17.7 Å². The van der Waals surface area contributed by atoms with Crippen molar-refractivity contribution in [3.63, 3.8) is 0 Å². The van der Waals surface area contributed by atoms with E-state index in [1.54, 1.807) is 0 Å². The minimum Gasteiger partial charge on any atom is -0.380 e. The molecule has 2 aliphatic rings. The quantitative estimate of drug-likeness (QED) is 0.645. The third-order valence-electron chi connectivity index (χ3n) is 2.60. The van der Waals surface area contributed by atoms with Gasteiger partial charge in [-0.15, -0.1) is 0 Å². The molecule has 2 rings (SSSR count). The maximum absolute atomic E-state index is 11.7. The first kappa shape index (κ1) is 8.70. The minimum absolute atomic E-state index is 0.133. The molecule has 0 unspecified atom stereocenters. The maximum atomic E-state index is 11.7. The lowest BCUT2D eigenvalue weighted by Gasteiger charge is -2.25. The van der Waals surface area contributed by atoms with E-state index in [2.05, 4.69) is 6.92 Å². The fraction of sp³-hybridized carbons (Fsp3) is 0.545. The fourth-order valence-electron chi connectivity index (χ4n) is 1.65.